The van der Waals surface area contributed by atoms with Gasteiger partial charge in [0.2, 0.25) is 0 Å². The molecule has 0 radical (unpaired) electrons. The van der Waals surface area contributed by atoms with Crippen molar-refractivity contribution in [2.45, 2.75) is 43.6 Å². The summed E-state index contributed by atoms with van der Waals surface area (Å²) < 4.78 is 29.1. The summed E-state index contributed by atoms with van der Waals surface area (Å²) in [4.78, 5) is 39.5. The van der Waals surface area contributed by atoms with Crippen LogP contribution in [0.15, 0.2) is 12.3 Å². The third-order valence-electron chi connectivity index (χ3n) is 7.03. The lowest BCUT2D eigenvalue weighted by molar-refractivity contribution is -0.131. The number of sulfone groups is 1. The Labute approximate surface area is 214 Å². The van der Waals surface area contributed by atoms with Crippen LogP contribution in [0.5, 0.6) is 0 Å². The molecule has 4 rings (SSSR count). The number of amides is 3. The molecule has 0 unspecified atom stereocenters. The van der Waals surface area contributed by atoms with Crippen LogP contribution in [0, 0.1) is 29.1 Å². The van der Waals surface area contributed by atoms with Crippen molar-refractivity contribution in [1.29, 1.82) is 0 Å². The number of hydrogen-bond acceptors (Lipinski definition) is 8. The molecule has 1 aromatic rings. The Morgan fingerprint density at radius 1 is 1.30 bits per heavy atom. The summed E-state index contributed by atoms with van der Waals surface area (Å²) in [5, 5.41) is 18.2. The van der Waals surface area contributed by atoms with Gasteiger partial charge in [-0.25, -0.2) is 23.5 Å². The van der Waals surface area contributed by atoms with E-state index in [4.69, 9.17) is 9.94 Å². The van der Waals surface area contributed by atoms with Gasteiger partial charge in [0, 0.05) is 30.3 Å². The van der Waals surface area contributed by atoms with Gasteiger partial charge in [-0.1, -0.05) is 11.8 Å². The molecule has 3 amide bonds. The zero-order chi connectivity index (χ0) is 27.0. The molecule has 0 spiro atoms. The fourth-order valence-electron chi connectivity index (χ4n) is 4.02. The molecule has 2 aliphatic heterocycles. The third kappa shape index (κ3) is 5.44. The van der Waals surface area contributed by atoms with Gasteiger partial charge in [-0.05, 0) is 44.1 Å². The number of β-amino-alcohol motifs (C(OH)–C–C–N with tert-alkyl or cyclic N) is 1. The first-order valence-corrected chi connectivity index (χ1v) is 13.5. The summed E-state index contributed by atoms with van der Waals surface area (Å²) in [6, 6.07) is 1.36. The number of nitrogens with zero attached hydrogens (tertiary/aromatic N) is 3. The van der Waals surface area contributed by atoms with Gasteiger partial charge in [0.05, 0.1) is 31.2 Å². The van der Waals surface area contributed by atoms with E-state index < -0.39 is 32.7 Å². The average Bonchev–Trinajstić information content (AvgIpc) is 3.39. The summed E-state index contributed by atoms with van der Waals surface area (Å²) in [5.74, 6) is 10.5. The van der Waals surface area contributed by atoms with Crippen LogP contribution >= 0.6 is 0 Å². The molecule has 1 aliphatic carbocycles. The van der Waals surface area contributed by atoms with Crippen molar-refractivity contribution in [3.63, 3.8) is 0 Å². The molecule has 198 valence electrons. The molecule has 37 heavy (non-hydrogen) atoms. The lowest BCUT2D eigenvalue weighted by Gasteiger charge is -2.34. The van der Waals surface area contributed by atoms with Gasteiger partial charge < -0.3 is 19.6 Å². The van der Waals surface area contributed by atoms with E-state index in [2.05, 4.69) is 23.7 Å². The quantitative estimate of drug-likeness (QED) is 0.250. The van der Waals surface area contributed by atoms with E-state index in [0.29, 0.717) is 11.3 Å². The second kappa shape index (κ2) is 9.74. The second-order valence-corrected chi connectivity index (χ2v) is 12.3. The monoisotopic (exact) mass is 532 g/mol. The van der Waals surface area contributed by atoms with E-state index in [0.717, 1.165) is 19.1 Å². The number of carbonyl (C=O) groups is 3. The predicted octanol–water partition coefficient (Wildman–Crippen LogP) is -0.0812. The molecule has 1 atom stereocenters. The van der Waals surface area contributed by atoms with E-state index in [1.54, 1.807) is 12.3 Å². The molecule has 3 aliphatic rings. The molecule has 1 saturated heterocycles. The minimum Gasteiger partial charge on any atom is -0.448 e. The number of likely N-dealkylation sites (tertiary alicyclic amines) is 1. The van der Waals surface area contributed by atoms with Crippen LogP contribution in [-0.2, 0) is 25.9 Å². The number of rotatable bonds is 7. The minimum atomic E-state index is -3.86. The fourth-order valence-corrected chi connectivity index (χ4v) is 4.86. The molecule has 2 fully saturated rings. The van der Waals surface area contributed by atoms with Crippen LogP contribution in [0.4, 0.5) is 9.59 Å². The fraction of sp³-hybridized carbons (Fsp3) is 0.542. The molecular weight excluding hydrogens is 504 g/mol. The van der Waals surface area contributed by atoms with E-state index in [1.807, 2.05) is 0 Å². The summed E-state index contributed by atoms with van der Waals surface area (Å²) in [6.07, 6.45) is 2.96. The maximum atomic E-state index is 12.8. The Bertz CT molecular complexity index is 1350. The van der Waals surface area contributed by atoms with Crippen molar-refractivity contribution in [1.82, 2.24) is 19.8 Å². The first-order chi connectivity index (χ1) is 17.4. The van der Waals surface area contributed by atoms with Gasteiger partial charge in [0.25, 0.3) is 5.91 Å². The number of carbonyl (C=O) groups excluding carboxylic acids is 3. The first-order valence-electron chi connectivity index (χ1n) is 11.7. The number of hydrogen-bond donors (Lipinski definition) is 3. The molecule has 1 saturated carbocycles. The highest BCUT2D eigenvalue weighted by molar-refractivity contribution is 7.92. The number of aliphatic hydroxyl groups is 1. The van der Waals surface area contributed by atoms with Crippen molar-refractivity contribution in [3.8, 4) is 23.7 Å². The normalized spacial score (nSPS) is 19.4. The van der Waals surface area contributed by atoms with Crippen LogP contribution < -0.4 is 5.48 Å². The summed E-state index contributed by atoms with van der Waals surface area (Å²) in [6.45, 7) is 2.16. The second-order valence-electron chi connectivity index (χ2n) is 9.88. The molecule has 3 N–H and O–H groups in total. The van der Waals surface area contributed by atoms with Gasteiger partial charge in [-0.2, -0.15) is 0 Å². The first kappa shape index (κ1) is 26.5. The van der Waals surface area contributed by atoms with Crippen molar-refractivity contribution < 1.29 is 37.9 Å². The highest BCUT2D eigenvalue weighted by atomic mass is 32.2. The molecule has 0 aromatic carbocycles. The van der Waals surface area contributed by atoms with Crippen molar-refractivity contribution >= 4 is 27.9 Å². The van der Waals surface area contributed by atoms with Gasteiger partial charge in [-0.15, -0.1) is 0 Å². The number of hydroxylamine groups is 1. The number of fused-ring (bicyclic) bond motifs is 1. The molecule has 1 aromatic heterocycles. The van der Waals surface area contributed by atoms with E-state index in [1.165, 1.54) is 26.8 Å². The molecule has 12 nitrogen and oxygen atoms in total. The number of nitrogens with one attached hydrogen (secondary N) is 1. The Balaban J connectivity index is 1.32. The zero-order valence-electron chi connectivity index (χ0n) is 20.5. The maximum absolute atomic E-state index is 12.8. The van der Waals surface area contributed by atoms with E-state index >= 15 is 0 Å². The van der Waals surface area contributed by atoms with Gasteiger partial charge in [0.1, 0.15) is 6.61 Å². The highest BCUT2D eigenvalue weighted by Gasteiger charge is 2.45. The van der Waals surface area contributed by atoms with Crippen LogP contribution in [-0.4, -0.2) is 94.5 Å². The van der Waals surface area contributed by atoms with Gasteiger partial charge in [-0.3, -0.25) is 14.6 Å². The molecule has 13 heteroatoms. The van der Waals surface area contributed by atoms with E-state index in [9.17, 15) is 27.9 Å². The minimum absolute atomic E-state index is 0.00497. The van der Waals surface area contributed by atoms with Crippen LogP contribution in [0.25, 0.3) is 0 Å². The topological polar surface area (TPSA) is 158 Å². The number of aliphatic hydroxyl groups excluding tert-OH is 1. The lowest BCUT2D eigenvalue weighted by Crippen LogP contribution is -2.53. The Hall–Kier alpha value is -3.52. The molecule has 0 bridgehead atoms. The standard InChI is InChI=1S/C24H28N4O8S/c1-23(20(30)25-33,37(2,34)35)9-10-26-13-18-11-17(12-28(18)21(26)31)5-3-4-6-24(7-8-24)16-36-22(32)27-14-19(29)15-27/h11-12,19,29,33H,7-10,13-16H2,1-2H3,(H,25,30)/t23-/m1/s1. The van der Waals surface area contributed by atoms with Gasteiger partial charge >= 0.3 is 12.1 Å². The highest BCUT2D eigenvalue weighted by Crippen LogP contribution is 2.45. The Morgan fingerprint density at radius 3 is 2.57 bits per heavy atom. The number of aromatic nitrogens is 1. The Kier molecular flexibility index (Phi) is 6.99. The largest absolute Gasteiger partial charge is 0.448 e. The maximum Gasteiger partial charge on any atom is 0.409 e. The zero-order valence-corrected chi connectivity index (χ0v) is 21.3. The van der Waals surface area contributed by atoms with Crippen molar-refractivity contribution in [2.24, 2.45) is 5.41 Å². The molecule has 3 heterocycles. The smallest absolute Gasteiger partial charge is 0.409 e. The predicted molar refractivity (Wildman–Crippen MR) is 129 cm³/mol. The number of ether oxygens (including phenoxy) is 1. The molecular formula is C24H28N4O8S. The van der Waals surface area contributed by atoms with Crippen molar-refractivity contribution in [3.05, 3.63) is 23.5 Å². The lowest BCUT2D eigenvalue weighted by atomic mass is 10.1. The van der Waals surface area contributed by atoms with Crippen LogP contribution in [0.2, 0.25) is 0 Å². The summed E-state index contributed by atoms with van der Waals surface area (Å²) in [5.41, 5.74) is 2.26. The van der Waals surface area contributed by atoms with Crippen molar-refractivity contribution in [2.75, 3.05) is 32.5 Å². The van der Waals surface area contributed by atoms with Gasteiger partial charge in [0.15, 0.2) is 14.6 Å². The van der Waals surface area contributed by atoms with Crippen LogP contribution in [0.1, 0.15) is 37.4 Å². The van der Waals surface area contributed by atoms with E-state index in [-0.39, 0.29) is 50.7 Å². The summed E-state index contributed by atoms with van der Waals surface area (Å²) in [7, 11) is -3.86. The Morgan fingerprint density at radius 2 is 2.00 bits per heavy atom. The summed E-state index contributed by atoms with van der Waals surface area (Å²) >= 11 is 0. The third-order valence-corrected chi connectivity index (χ3v) is 9.06. The SMILES string of the molecule is C[C@@](CCN1Cc2cc(C#CC#CC3(COC(=O)N4CC(O)C4)CC3)cn2C1=O)(C(=O)NO)S(C)(=O)=O. The average molecular weight is 533 g/mol. The van der Waals surface area contributed by atoms with Crippen LogP contribution in [0.3, 0.4) is 0 Å².